The van der Waals surface area contributed by atoms with Crippen LogP contribution in [-0.4, -0.2) is 29.3 Å². The highest BCUT2D eigenvalue weighted by molar-refractivity contribution is 6.41. The fourth-order valence-corrected chi connectivity index (χ4v) is 0.763. The largest absolute Gasteiger partial charge is 0.476 e. The molecule has 0 bridgehead atoms. The minimum atomic E-state index is -1.32. The van der Waals surface area contributed by atoms with Crippen LogP contribution in [0.25, 0.3) is 0 Å². The fraction of sp³-hybridized carbons (Fsp3) is 0.125. The molecule has 0 radical (unpaired) electrons. The van der Waals surface area contributed by atoms with E-state index in [1.165, 1.54) is 18.4 Å². The van der Waals surface area contributed by atoms with Crippen molar-refractivity contribution in [3.63, 3.8) is 0 Å². The van der Waals surface area contributed by atoms with E-state index in [9.17, 15) is 9.59 Å². The highest BCUT2D eigenvalue weighted by Gasteiger charge is 2.16. The van der Waals surface area contributed by atoms with Crippen LogP contribution < -0.4 is 5.73 Å². The lowest BCUT2D eigenvalue weighted by atomic mass is 10.3. The molecule has 15 heavy (non-hydrogen) atoms. The quantitative estimate of drug-likeness (QED) is 0.507. The second-order valence-corrected chi connectivity index (χ2v) is 2.46. The Morgan fingerprint density at radius 3 is 2.80 bits per heavy atom. The molecule has 80 valence electrons. The minimum Gasteiger partial charge on any atom is -0.476 e. The maximum absolute atomic E-state index is 10.7. The maximum atomic E-state index is 10.7. The molecular formula is C8H8N2O5. The van der Waals surface area contributed by atoms with Crippen molar-refractivity contribution in [2.24, 2.45) is 10.9 Å². The van der Waals surface area contributed by atoms with Crippen molar-refractivity contribution in [3.8, 4) is 0 Å². The molecule has 1 aromatic heterocycles. The van der Waals surface area contributed by atoms with Crippen LogP contribution in [-0.2, 0) is 14.4 Å². The summed E-state index contributed by atoms with van der Waals surface area (Å²) in [6.45, 7) is -0.489. The van der Waals surface area contributed by atoms with Gasteiger partial charge in [-0.2, -0.15) is 0 Å². The van der Waals surface area contributed by atoms with Gasteiger partial charge >= 0.3 is 5.97 Å². The number of oxime groups is 1. The zero-order chi connectivity index (χ0) is 11.3. The summed E-state index contributed by atoms with van der Waals surface area (Å²) in [5, 5.41) is 12.0. The number of hydrogen-bond acceptors (Lipinski definition) is 5. The average Bonchev–Trinajstić information content (AvgIpc) is 2.63. The number of carboxylic acid groups (broad SMARTS) is 1. The third-order valence-corrected chi connectivity index (χ3v) is 1.32. The van der Waals surface area contributed by atoms with E-state index in [4.69, 9.17) is 15.3 Å². The van der Waals surface area contributed by atoms with Crippen molar-refractivity contribution < 1.29 is 24.0 Å². The number of amides is 1. The van der Waals surface area contributed by atoms with E-state index in [-0.39, 0.29) is 5.76 Å². The van der Waals surface area contributed by atoms with Gasteiger partial charge in [0.25, 0.3) is 5.91 Å². The Balaban J connectivity index is 2.75. The first-order valence-corrected chi connectivity index (χ1v) is 3.86. The van der Waals surface area contributed by atoms with E-state index in [0.717, 1.165) is 0 Å². The summed E-state index contributed by atoms with van der Waals surface area (Å²) >= 11 is 0. The number of aliphatic carboxylic acids is 1. The second-order valence-electron chi connectivity index (χ2n) is 2.46. The van der Waals surface area contributed by atoms with E-state index in [1.54, 1.807) is 0 Å². The van der Waals surface area contributed by atoms with Gasteiger partial charge in [0.05, 0.1) is 6.26 Å². The Hall–Kier alpha value is -2.31. The van der Waals surface area contributed by atoms with Crippen LogP contribution in [0.3, 0.4) is 0 Å². The van der Waals surface area contributed by atoms with Gasteiger partial charge in [0.15, 0.2) is 12.4 Å². The molecule has 0 aliphatic carbocycles. The molecule has 0 aromatic carbocycles. The maximum Gasteiger partial charge on any atom is 0.361 e. The topological polar surface area (TPSA) is 115 Å². The Bertz CT molecular complexity index is 382. The highest BCUT2D eigenvalue weighted by atomic mass is 16.6. The van der Waals surface area contributed by atoms with Crippen molar-refractivity contribution in [1.82, 2.24) is 0 Å². The van der Waals surface area contributed by atoms with E-state index < -0.39 is 24.2 Å². The number of carbonyl (C=O) groups excluding carboxylic acids is 1. The van der Waals surface area contributed by atoms with Crippen molar-refractivity contribution in [3.05, 3.63) is 24.2 Å². The number of nitrogens with two attached hydrogens (primary N) is 1. The van der Waals surface area contributed by atoms with E-state index >= 15 is 0 Å². The SMILES string of the molecule is NC(=O)CON=C(C(=O)O)c1ccco1. The molecule has 3 N–H and O–H groups in total. The van der Waals surface area contributed by atoms with Crippen molar-refractivity contribution in [1.29, 1.82) is 0 Å². The first kappa shape index (κ1) is 10.8. The van der Waals surface area contributed by atoms with Crippen molar-refractivity contribution in [2.45, 2.75) is 0 Å². The predicted octanol–water partition coefficient (Wildman–Crippen LogP) is -0.430. The van der Waals surface area contributed by atoms with Gasteiger partial charge < -0.3 is 20.1 Å². The lowest BCUT2D eigenvalue weighted by Crippen LogP contribution is -2.19. The Morgan fingerprint density at radius 1 is 1.60 bits per heavy atom. The van der Waals surface area contributed by atoms with Gasteiger partial charge in [-0.15, -0.1) is 0 Å². The van der Waals surface area contributed by atoms with Crippen LogP contribution in [0, 0.1) is 0 Å². The number of hydrogen-bond donors (Lipinski definition) is 2. The molecule has 0 spiro atoms. The zero-order valence-electron chi connectivity index (χ0n) is 7.54. The molecule has 0 fully saturated rings. The number of nitrogens with zero attached hydrogens (tertiary/aromatic N) is 1. The van der Waals surface area contributed by atoms with Crippen molar-refractivity contribution >= 4 is 17.6 Å². The number of carboxylic acids is 1. The number of rotatable bonds is 5. The van der Waals surface area contributed by atoms with Gasteiger partial charge in [-0.05, 0) is 12.1 Å². The molecule has 0 aliphatic rings. The van der Waals surface area contributed by atoms with Crippen LogP contribution in [0.2, 0.25) is 0 Å². The average molecular weight is 212 g/mol. The summed E-state index contributed by atoms with van der Waals surface area (Å²) < 4.78 is 4.81. The first-order valence-electron chi connectivity index (χ1n) is 3.86. The lowest BCUT2D eigenvalue weighted by molar-refractivity contribution is -0.130. The van der Waals surface area contributed by atoms with E-state index in [2.05, 4.69) is 9.99 Å². The van der Waals surface area contributed by atoms with Crippen molar-refractivity contribution in [2.75, 3.05) is 6.61 Å². The molecule has 0 saturated carbocycles. The van der Waals surface area contributed by atoms with E-state index in [0.29, 0.717) is 0 Å². The first-order chi connectivity index (χ1) is 7.11. The smallest absolute Gasteiger partial charge is 0.361 e. The Kier molecular flexibility index (Phi) is 3.44. The van der Waals surface area contributed by atoms with Gasteiger partial charge in [-0.3, -0.25) is 4.79 Å². The van der Waals surface area contributed by atoms with Gasteiger partial charge in [0, 0.05) is 0 Å². The summed E-state index contributed by atoms with van der Waals surface area (Å²) in [6.07, 6.45) is 1.29. The zero-order valence-corrected chi connectivity index (χ0v) is 7.54. The second kappa shape index (κ2) is 4.80. The molecule has 0 atom stereocenters. The van der Waals surface area contributed by atoms with Crippen LogP contribution in [0.5, 0.6) is 0 Å². The van der Waals surface area contributed by atoms with Crippen LogP contribution >= 0.6 is 0 Å². The Labute approximate surface area is 84.1 Å². The monoisotopic (exact) mass is 212 g/mol. The summed E-state index contributed by atoms with van der Waals surface area (Å²) in [7, 11) is 0. The summed E-state index contributed by atoms with van der Waals surface area (Å²) in [4.78, 5) is 25.4. The summed E-state index contributed by atoms with van der Waals surface area (Å²) in [5.41, 5.74) is 4.34. The third-order valence-electron chi connectivity index (χ3n) is 1.32. The van der Waals surface area contributed by atoms with Gasteiger partial charge in [0.2, 0.25) is 5.71 Å². The molecular weight excluding hydrogens is 204 g/mol. The molecule has 1 amide bonds. The molecule has 1 aromatic rings. The number of furan rings is 1. The van der Waals surface area contributed by atoms with Gasteiger partial charge in [-0.1, -0.05) is 5.16 Å². The van der Waals surface area contributed by atoms with Crippen LogP contribution in [0.4, 0.5) is 0 Å². The van der Waals surface area contributed by atoms with Crippen LogP contribution in [0.15, 0.2) is 28.0 Å². The summed E-state index contributed by atoms with van der Waals surface area (Å²) in [6, 6.07) is 2.91. The molecule has 1 heterocycles. The molecule has 0 unspecified atom stereocenters. The van der Waals surface area contributed by atoms with Gasteiger partial charge in [-0.25, -0.2) is 4.79 Å². The molecule has 0 saturated heterocycles. The number of carbonyl (C=O) groups is 2. The molecule has 0 aliphatic heterocycles. The van der Waals surface area contributed by atoms with Crippen LogP contribution in [0.1, 0.15) is 5.76 Å². The lowest BCUT2D eigenvalue weighted by Gasteiger charge is -1.97. The third kappa shape index (κ3) is 3.14. The summed E-state index contributed by atoms with van der Waals surface area (Å²) in [5.74, 6) is -2.04. The highest BCUT2D eigenvalue weighted by Crippen LogP contribution is 2.03. The standard InChI is InChI=1S/C8H8N2O5/c9-6(11)4-15-10-7(8(12)13)5-2-1-3-14-5/h1-3H,4H2,(H2,9,11)(H,12,13). The fourth-order valence-electron chi connectivity index (χ4n) is 0.763. The Morgan fingerprint density at radius 2 is 2.33 bits per heavy atom. The molecule has 7 nitrogen and oxygen atoms in total. The molecule has 7 heteroatoms. The number of primary amides is 1. The van der Waals surface area contributed by atoms with Gasteiger partial charge in [0.1, 0.15) is 0 Å². The van der Waals surface area contributed by atoms with E-state index in [1.807, 2.05) is 0 Å². The normalized spacial score (nSPS) is 11.1. The minimum absolute atomic E-state index is 0.0342. The predicted molar refractivity (Wildman–Crippen MR) is 48.0 cm³/mol. The molecule has 1 rings (SSSR count).